The van der Waals surface area contributed by atoms with Gasteiger partial charge in [-0.05, 0) is 31.5 Å². The zero-order valence-electron chi connectivity index (χ0n) is 21.1. The summed E-state index contributed by atoms with van der Waals surface area (Å²) in [6.45, 7) is 5.27. The summed E-state index contributed by atoms with van der Waals surface area (Å²) in [5.74, 6) is 0.645. The topological polar surface area (TPSA) is 105 Å². The second-order valence-corrected chi connectivity index (χ2v) is 9.74. The number of ether oxygens (including phenoxy) is 1. The minimum absolute atomic E-state index is 0.102. The number of para-hydroxylation sites is 2. The Kier molecular flexibility index (Phi) is 7.02. The molecule has 3 aromatic rings. The first kappa shape index (κ1) is 24.9. The van der Waals surface area contributed by atoms with Gasteiger partial charge in [-0.25, -0.2) is 13.8 Å². The molecule has 3 fully saturated rings. The number of piperazine rings is 1. The van der Waals surface area contributed by atoms with Crippen molar-refractivity contribution in [3.8, 4) is 5.95 Å². The third-order valence-corrected chi connectivity index (χ3v) is 7.36. The molecule has 0 spiro atoms. The number of fused-ring (bicyclic) bond motifs is 1. The van der Waals surface area contributed by atoms with Crippen LogP contribution in [-0.2, 0) is 9.53 Å². The lowest BCUT2D eigenvalue weighted by Gasteiger charge is -2.37. The maximum absolute atomic E-state index is 14.1. The van der Waals surface area contributed by atoms with E-state index < -0.39 is 12.2 Å². The summed E-state index contributed by atoms with van der Waals surface area (Å²) in [5.41, 5.74) is 0.949. The Balaban J connectivity index is 1.32. The normalized spacial score (nSPS) is 20.9. The van der Waals surface area contributed by atoms with E-state index in [1.54, 1.807) is 24.3 Å². The Morgan fingerprint density at radius 2 is 1.58 bits per heavy atom. The van der Waals surface area contributed by atoms with Gasteiger partial charge in [0.25, 0.3) is 6.43 Å². The Bertz CT molecular complexity index is 1280. The van der Waals surface area contributed by atoms with E-state index in [2.05, 4.69) is 20.3 Å². The number of carbonyl (C=O) groups excluding carboxylic acids is 1. The Morgan fingerprint density at radius 1 is 0.895 bits per heavy atom. The number of nitrogens with zero attached hydrogens (tertiary/aromatic N) is 8. The SMILES string of the molecule is O=C([C@H]1CCCCN1)N1CCN(c2nc(N3CCOCC3)nc(-n3c(C(F)F)nc4ccccc43)n2)CC1. The fourth-order valence-corrected chi connectivity index (χ4v) is 5.30. The number of benzene rings is 1. The predicted octanol–water partition coefficient (Wildman–Crippen LogP) is 1.78. The number of rotatable bonds is 5. The van der Waals surface area contributed by atoms with Crippen LogP contribution < -0.4 is 15.1 Å². The molecule has 0 bridgehead atoms. The van der Waals surface area contributed by atoms with E-state index in [1.165, 1.54) is 4.57 Å². The molecule has 1 aromatic carbocycles. The van der Waals surface area contributed by atoms with Crippen LogP contribution in [0.25, 0.3) is 17.0 Å². The molecule has 1 atom stereocenters. The van der Waals surface area contributed by atoms with E-state index in [0.29, 0.717) is 75.4 Å². The Hall–Kier alpha value is -3.45. The minimum atomic E-state index is -2.81. The molecule has 3 aliphatic rings. The van der Waals surface area contributed by atoms with Crippen molar-refractivity contribution in [3.63, 3.8) is 0 Å². The standard InChI is InChI=1S/C25H31F2N9O2/c26-20(27)21-29-17-5-1-2-7-19(17)36(21)25-31-23(30-24(32-25)35-13-15-38-16-14-35)34-11-9-33(10-12-34)22(37)18-6-3-4-8-28-18/h1-2,5,7,18,20,28H,3-4,6,8-16H2/t18-/m1/s1. The minimum Gasteiger partial charge on any atom is -0.378 e. The first-order valence-electron chi connectivity index (χ1n) is 13.2. The van der Waals surface area contributed by atoms with Crippen LogP contribution in [0.3, 0.4) is 0 Å². The first-order chi connectivity index (χ1) is 18.6. The molecule has 1 amide bonds. The van der Waals surface area contributed by atoms with Gasteiger partial charge in [0.15, 0.2) is 5.82 Å². The molecule has 5 heterocycles. The highest BCUT2D eigenvalue weighted by molar-refractivity contribution is 5.82. The van der Waals surface area contributed by atoms with Gasteiger partial charge in [0.2, 0.25) is 23.8 Å². The number of hydrogen-bond acceptors (Lipinski definition) is 9. The number of alkyl halides is 2. The van der Waals surface area contributed by atoms with Gasteiger partial charge in [0, 0.05) is 39.3 Å². The number of hydrogen-bond donors (Lipinski definition) is 1. The lowest BCUT2D eigenvalue weighted by atomic mass is 10.0. The smallest absolute Gasteiger partial charge is 0.296 e. The fraction of sp³-hybridized carbons (Fsp3) is 0.560. The number of imidazole rings is 1. The number of aromatic nitrogens is 5. The molecule has 0 unspecified atom stereocenters. The molecule has 6 rings (SSSR count). The molecule has 202 valence electrons. The molecule has 1 N–H and O–H groups in total. The summed E-state index contributed by atoms with van der Waals surface area (Å²) < 4.78 is 35.0. The van der Waals surface area contributed by atoms with Crippen molar-refractivity contribution in [1.82, 2.24) is 34.7 Å². The van der Waals surface area contributed by atoms with E-state index in [4.69, 9.17) is 9.72 Å². The summed E-state index contributed by atoms with van der Waals surface area (Å²) in [6, 6.07) is 6.85. The van der Waals surface area contributed by atoms with E-state index in [-0.39, 0.29) is 17.9 Å². The number of halogens is 2. The van der Waals surface area contributed by atoms with Crippen molar-refractivity contribution < 1.29 is 18.3 Å². The van der Waals surface area contributed by atoms with Crippen molar-refractivity contribution in [1.29, 1.82) is 0 Å². The zero-order chi connectivity index (χ0) is 26.1. The molecular weight excluding hydrogens is 496 g/mol. The van der Waals surface area contributed by atoms with Crippen molar-refractivity contribution >= 4 is 28.8 Å². The summed E-state index contributed by atoms with van der Waals surface area (Å²) in [4.78, 5) is 37.1. The third kappa shape index (κ3) is 4.87. The second kappa shape index (κ2) is 10.7. The predicted molar refractivity (Wildman–Crippen MR) is 137 cm³/mol. The highest BCUT2D eigenvalue weighted by Crippen LogP contribution is 2.28. The average molecular weight is 528 g/mol. The summed E-state index contributed by atoms with van der Waals surface area (Å²) >= 11 is 0. The van der Waals surface area contributed by atoms with Crippen LogP contribution in [0.2, 0.25) is 0 Å². The van der Waals surface area contributed by atoms with Crippen LogP contribution in [0.5, 0.6) is 0 Å². The van der Waals surface area contributed by atoms with Crippen LogP contribution in [0, 0.1) is 0 Å². The molecule has 0 saturated carbocycles. The monoisotopic (exact) mass is 527 g/mol. The molecule has 11 nitrogen and oxygen atoms in total. The molecule has 0 aliphatic carbocycles. The highest BCUT2D eigenvalue weighted by Gasteiger charge is 2.30. The molecule has 3 saturated heterocycles. The van der Waals surface area contributed by atoms with E-state index in [0.717, 1.165) is 25.8 Å². The average Bonchev–Trinajstić information content (AvgIpc) is 3.38. The van der Waals surface area contributed by atoms with Gasteiger partial charge in [-0.2, -0.15) is 15.0 Å². The van der Waals surface area contributed by atoms with Crippen LogP contribution >= 0.6 is 0 Å². The number of morpholine rings is 1. The number of amides is 1. The van der Waals surface area contributed by atoms with Gasteiger partial charge in [-0.15, -0.1) is 0 Å². The van der Waals surface area contributed by atoms with Gasteiger partial charge in [0.1, 0.15) is 0 Å². The molecular formula is C25H31F2N9O2. The van der Waals surface area contributed by atoms with Gasteiger partial charge in [0.05, 0.1) is 30.3 Å². The maximum atomic E-state index is 14.1. The summed E-state index contributed by atoms with van der Waals surface area (Å²) in [5, 5.41) is 3.33. The number of piperidine rings is 1. The zero-order valence-corrected chi connectivity index (χ0v) is 21.1. The molecule has 13 heteroatoms. The molecule has 38 heavy (non-hydrogen) atoms. The highest BCUT2D eigenvalue weighted by atomic mass is 19.3. The van der Waals surface area contributed by atoms with Crippen LogP contribution in [-0.4, -0.2) is 100 Å². The van der Waals surface area contributed by atoms with Crippen molar-refractivity contribution in [2.24, 2.45) is 0 Å². The quantitative estimate of drug-likeness (QED) is 0.532. The lowest BCUT2D eigenvalue weighted by Crippen LogP contribution is -2.55. The Morgan fingerprint density at radius 3 is 2.26 bits per heavy atom. The third-order valence-electron chi connectivity index (χ3n) is 7.36. The Labute approximate surface area is 218 Å². The summed E-state index contributed by atoms with van der Waals surface area (Å²) in [7, 11) is 0. The number of anilines is 2. The summed E-state index contributed by atoms with van der Waals surface area (Å²) in [6.07, 6.45) is 0.219. The van der Waals surface area contributed by atoms with Gasteiger partial charge < -0.3 is 24.8 Å². The van der Waals surface area contributed by atoms with Crippen molar-refractivity contribution in [2.45, 2.75) is 31.7 Å². The maximum Gasteiger partial charge on any atom is 0.296 e. The van der Waals surface area contributed by atoms with Crippen LogP contribution in [0.1, 0.15) is 31.5 Å². The molecule has 2 aromatic heterocycles. The van der Waals surface area contributed by atoms with Crippen molar-refractivity contribution in [2.75, 3.05) is 68.8 Å². The van der Waals surface area contributed by atoms with Crippen molar-refractivity contribution in [3.05, 3.63) is 30.1 Å². The molecule has 3 aliphatic heterocycles. The second-order valence-electron chi connectivity index (χ2n) is 9.74. The number of carbonyl (C=O) groups is 1. The van der Waals surface area contributed by atoms with Crippen LogP contribution in [0.15, 0.2) is 24.3 Å². The largest absolute Gasteiger partial charge is 0.378 e. The van der Waals surface area contributed by atoms with Gasteiger partial charge >= 0.3 is 0 Å². The number of nitrogens with one attached hydrogen (secondary N) is 1. The van der Waals surface area contributed by atoms with Crippen LogP contribution in [0.4, 0.5) is 20.7 Å². The van der Waals surface area contributed by atoms with Gasteiger partial charge in [-0.1, -0.05) is 18.6 Å². The first-order valence-corrected chi connectivity index (χ1v) is 13.2. The molecule has 0 radical (unpaired) electrons. The van der Waals surface area contributed by atoms with Gasteiger partial charge in [-0.3, -0.25) is 9.36 Å². The van der Waals surface area contributed by atoms with E-state index >= 15 is 0 Å². The van der Waals surface area contributed by atoms with E-state index in [1.807, 2.05) is 14.7 Å². The lowest BCUT2D eigenvalue weighted by molar-refractivity contribution is -0.134. The van der Waals surface area contributed by atoms with E-state index in [9.17, 15) is 13.6 Å². The fourth-order valence-electron chi connectivity index (χ4n) is 5.30.